The van der Waals surface area contributed by atoms with E-state index in [4.69, 9.17) is 11.6 Å². The van der Waals surface area contributed by atoms with E-state index in [0.717, 1.165) is 15.5 Å². The van der Waals surface area contributed by atoms with Gasteiger partial charge in [-0.1, -0.05) is 35.9 Å². The van der Waals surface area contributed by atoms with E-state index in [1.165, 1.54) is 22.7 Å². The minimum Gasteiger partial charge on any atom is -0.297 e. The second kappa shape index (κ2) is 6.39. The number of nitrogens with one attached hydrogen (secondary N) is 1. The minimum absolute atomic E-state index is 0.122. The normalized spacial score (nSPS) is 10.5. The molecule has 0 aliphatic heterocycles. The van der Waals surface area contributed by atoms with Crippen LogP contribution in [0.25, 0.3) is 0 Å². The van der Waals surface area contributed by atoms with Gasteiger partial charge < -0.3 is 0 Å². The fraction of sp³-hybridized carbons (Fsp3) is 0.0667. The van der Waals surface area contributed by atoms with E-state index in [0.29, 0.717) is 16.4 Å². The Balaban J connectivity index is 1.69. The van der Waals surface area contributed by atoms with E-state index >= 15 is 0 Å². The molecule has 0 unspecified atom stereocenters. The lowest BCUT2D eigenvalue weighted by molar-refractivity contribution is 0.103. The molecule has 106 valence electrons. The highest BCUT2D eigenvalue weighted by atomic mass is 35.5. The maximum atomic E-state index is 11.9. The van der Waals surface area contributed by atoms with E-state index < -0.39 is 0 Å². The molecule has 3 rings (SSSR count). The Bertz CT molecular complexity index is 753. The number of amides is 1. The Labute approximate surface area is 135 Å². The van der Waals surface area contributed by atoms with E-state index in [2.05, 4.69) is 10.3 Å². The Morgan fingerprint density at radius 2 is 2.10 bits per heavy atom. The molecule has 0 bridgehead atoms. The maximum absolute atomic E-state index is 11.9. The molecule has 0 saturated heterocycles. The van der Waals surface area contributed by atoms with Crippen molar-refractivity contribution < 1.29 is 4.79 Å². The Kier molecular flexibility index (Phi) is 4.34. The van der Waals surface area contributed by atoms with Gasteiger partial charge in [0.05, 0.1) is 4.88 Å². The smallest absolute Gasteiger partial charge is 0.267 e. The predicted molar refractivity (Wildman–Crippen MR) is 88.6 cm³/mol. The van der Waals surface area contributed by atoms with E-state index in [1.807, 2.05) is 35.7 Å². The molecule has 2 heterocycles. The van der Waals surface area contributed by atoms with Crippen LogP contribution in [0.4, 0.5) is 5.13 Å². The molecule has 0 atom stereocenters. The Morgan fingerprint density at radius 1 is 1.24 bits per heavy atom. The van der Waals surface area contributed by atoms with Crippen LogP contribution < -0.4 is 5.32 Å². The summed E-state index contributed by atoms with van der Waals surface area (Å²) in [6, 6.07) is 11.4. The molecule has 0 aliphatic carbocycles. The number of carbonyl (C=O) groups is 1. The van der Waals surface area contributed by atoms with Gasteiger partial charge in [-0.15, -0.1) is 22.7 Å². The van der Waals surface area contributed by atoms with Gasteiger partial charge in [0.15, 0.2) is 5.13 Å². The number of thiazole rings is 1. The van der Waals surface area contributed by atoms with Crippen molar-refractivity contribution in [2.24, 2.45) is 0 Å². The maximum Gasteiger partial charge on any atom is 0.267 e. The molecule has 0 saturated carbocycles. The van der Waals surface area contributed by atoms with Crippen molar-refractivity contribution in [3.05, 3.63) is 68.3 Å². The van der Waals surface area contributed by atoms with Gasteiger partial charge in [0.25, 0.3) is 5.91 Å². The summed E-state index contributed by atoms with van der Waals surface area (Å²) < 4.78 is 0. The number of hydrogen-bond acceptors (Lipinski definition) is 4. The summed E-state index contributed by atoms with van der Waals surface area (Å²) in [5.74, 6) is -0.122. The van der Waals surface area contributed by atoms with Gasteiger partial charge in [0.2, 0.25) is 0 Å². The topological polar surface area (TPSA) is 42.0 Å². The lowest BCUT2D eigenvalue weighted by Crippen LogP contribution is -2.09. The van der Waals surface area contributed by atoms with Crippen molar-refractivity contribution in [2.75, 3.05) is 5.32 Å². The first-order valence-corrected chi connectivity index (χ1v) is 8.33. The highest BCUT2D eigenvalue weighted by Crippen LogP contribution is 2.25. The molecule has 3 aromatic rings. The van der Waals surface area contributed by atoms with Crippen LogP contribution in [0.15, 0.2) is 48.0 Å². The average molecular weight is 335 g/mol. The van der Waals surface area contributed by atoms with Gasteiger partial charge in [-0.2, -0.15) is 0 Å². The molecule has 21 heavy (non-hydrogen) atoms. The summed E-state index contributed by atoms with van der Waals surface area (Å²) in [4.78, 5) is 17.9. The van der Waals surface area contributed by atoms with Crippen molar-refractivity contribution >= 4 is 45.3 Å². The molecule has 0 spiro atoms. The number of hydrogen-bond donors (Lipinski definition) is 1. The largest absolute Gasteiger partial charge is 0.297 e. The van der Waals surface area contributed by atoms with Crippen molar-refractivity contribution in [3.63, 3.8) is 0 Å². The van der Waals surface area contributed by atoms with E-state index in [-0.39, 0.29) is 5.91 Å². The molecule has 0 radical (unpaired) electrons. The van der Waals surface area contributed by atoms with Gasteiger partial charge in [-0.3, -0.25) is 10.1 Å². The standard InChI is InChI=1S/C15H11ClN2OS2/c16-12-5-2-1-4-10(12)8-11-9-17-15(21-11)18-14(19)13-6-3-7-20-13/h1-7,9H,8H2,(H,17,18,19). The van der Waals surface area contributed by atoms with Gasteiger partial charge >= 0.3 is 0 Å². The zero-order valence-corrected chi connectivity index (χ0v) is 13.3. The fourth-order valence-electron chi connectivity index (χ4n) is 1.84. The van der Waals surface area contributed by atoms with Crippen molar-refractivity contribution in [1.29, 1.82) is 0 Å². The first-order valence-electron chi connectivity index (χ1n) is 6.25. The van der Waals surface area contributed by atoms with Crippen LogP contribution in [0, 0.1) is 0 Å². The molecule has 0 aliphatic rings. The second-order valence-corrected chi connectivity index (χ2v) is 6.80. The van der Waals surface area contributed by atoms with E-state index in [9.17, 15) is 4.79 Å². The van der Waals surface area contributed by atoms with Crippen molar-refractivity contribution in [1.82, 2.24) is 4.98 Å². The third-order valence-corrected chi connectivity index (χ3v) is 4.99. The predicted octanol–water partition coefficient (Wildman–Crippen LogP) is 4.70. The number of rotatable bonds is 4. The zero-order valence-electron chi connectivity index (χ0n) is 10.9. The molecule has 3 nitrogen and oxygen atoms in total. The summed E-state index contributed by atoms with van der Waals surface area (Å²) in [6.07, 6.45) is 2.49. The van der Waals surface area contributed by atoms with Gasteiger partial charge in [0, 0.05) is 22.5 Å². The first-order chi connectivity index (χ1) is 10.2. The molecular weight excluding hydrogens is 324 g/mol. The summed E-state index contributed by atoms with van der Waals surface area (Å²) in [6.45, 7) is 0. The SMILES string of the molecule is O=C(Nc1ncc(Cc2ccccc2Cl)s1)c1cccs1. The minimum atomic E-state index is -0.122. The quantitative estimate of drug-likeness (QED) is 0.751. The monoisotopic (exact) mass is 334 g/mol. The lowest BCUT2D eigenvalue weighted by Gasteiger charge is -2.00. The molecule has 1 aromatic carbocycles. The Morgan fingerprint density at radius 3 is 2.86 bits per heavy atom. The highest BCUT2D eigenvalue weighted by Gasteiger charge is 2.10. The third-order valence-electron chi connectivity index (χ3n) is 2.84. The van der Waals surface area contributed by atoms with Gasteiger partial charge in [-0.25, -0.2) is 4.98 Å². The number of aromatic nitrogens is 1. The molecule has 0 fully saturated rings. The van der Waals surface area contributed by atoms with Crippen LogP contribution in [0.1, 0.15) is 20.1 Å². The van der Waals surface area contributed by atoms with Gasteiger partial charge in [0.1, 0.15) is 0 Å². The third kappa shape index (κ3) is 3.50. The number of nitrogens with zero attached hydrogens (tertiary/aromatic N) is 1. The molecule has 1 N–H and O–H groups in total. The molecule has 2 aromatic heterocycles. The van der Waals surface area contributed by atoms with E-state index in [1.54, 1.807) is 12.3 Å². The summed E-state index contributed by atoms with van der Waals surface area (Å²) in [5, 5.41) is 6.04. The fourth-order valence-corrected chi connectivity index (χ4v) is 3.50. The van der Waals surface area contributed by atoms with Crippen LogP contribution in [-0.4, -0.2) is 10.9 Å². The molecular formula is C15H11ClN2OS2. The van der Waals surface area contributed by atoms with Crippen molar-refractivity contribution in [2.45, 2.75) is 6.42 Å². The lowest BCUT2D eigenvalue weighted by atomic mass is 10.1. The number of benzene rings is 1. The van der Waals surface area contributed by atoms with Crippen LogP contribution in [0.3, 0.4) is 0 Å². The molecule has 6 heteroatoms. The average Bonchev–Trinajstić information content (AvgIpc) is 3.13. The van der Waals surface area contributed by atoms with Crippen LogP contribution >= 0.6 is 34.3 Å². The Hall–Kier alpha value is -1.69. The van der Waals surface area contributed by atoms with Gasteiger partial charge in [-0.05, 0) is 23.1 Å². The number of thiophene rings is 1. The van der Waals surface area contributed by atoms with Crippen molar-refractivity contribution in [3.8, 4) is 0 Å². The number of anilines is 1. The van der Waals surface area contributed by atoms with Crippen LogP contribution in [0.5, 0.6) is 0 Å². The van der Waals surface area contributed by atoms with Crippen LogP contribution in [-0.2, 0) is 6.42 Å². The first kappa shape index (κ1) is 14.3. The molecule has 1 amide bonds. The summed E-state index contributed by atoms with van der Waals surface area (Å²) in [7, 11) is 0. The second-order valence-electron chi connectivity index (χ2n) is 4.33. The highest BCUT2D eigenvalue weighted by molar-refractivity contribution is 7.16. The number of carbonyl (C=O) groups excluding carboxylic acids is 1. The summed E-state index contributed by atoms with van der Waals surface area (Å²) in [5.41, 5.74) is 1.05. The summed E-state index contributed by atoms with van der Waals surface area (Å²) >= 11 is 9.02. The van der Waals surface area contributed by atoms with Crippen LogP contribution in [0.2, 0.25) is 5.02 Å². The number of halogens is 1. The zero-order chi connectivity index (χ0) is 14.7.